The van der Waals surface area contributed by atoms with Crippen molar-refractivity contribution in [1.82, 2.24) is 8.87 Å². The number of hydrogen-bond donors (Lipinski definition) is 2. The summed E-state index contributed by atoms with van der Waals surface area (Å²) >= 11 is 1.14. The molecule has 4 rings (SSSR count). The van der Waals surface area contributed by atoms with Crippen molar-refractivity contribution >= 4 is 37.3 Å². The third-order valence-corrected chi connectivity index (χ3v) is 7.94. The topological polar surface area (TPSA) is 91.6 Å². The Labute approximate surface area is 173 Å². The van der Waals surface area contributed by atoms with Crippen LogP contribution in [-0.4, -0.2) is 41.7 Å². The number of aromatic nitrogens is 1. The molecule has 154 valence electrons. The van der Waals surface area contributed by atoms with Crippen LogP contribution in [0.25, 0.3) is 10.2 Å². The van der Waals surface area contributed by atoms with E-state index in [0.29, 0.717) is 18.8 Å². The van der Waals surface area contributed by atoms with E-state index in [0.717, 1.165) is 40.8 Å². The van der Waals surface area contributed by atoms with Crippen molar-refractivity contribution in [2.75, 3.05) is 18.4 Å². The monoisotopic (exact) mass is 433 g/mol. The predicted octanol–water partition coefficient (Wildman–Crippen LogP) is 2.67. The maximum Gasteiger partial charge on any atom is 0.308 e. The molecule has 1 unspecified atom stereocenters. The van der Waals surface area contributed by atoms with Crippen LogP contribution >= 0.6 is 11.3 Å². The summed E-state index contributed by atoms with van der Waals surface area (Å²) in [5.41, 5.74) is 1.37. The van der Waals surface area contributed by atoms with E-state index in [9.17, 15) is 18.3 Å². The second-order valence-corrected chi connectivity index (χ2v) is 10.0. The van der Waals surface area contributed by atoms with Gasteiger partial charge < -0.3 is 10.4 Å². The summed E-state index contributed by atoms with van der Waals surface area (Å²) in [6, 6.07) is 13.8. The Hall–Kier alpha value is -2.20. The molecule has 1 aliphatic rings. The van der Waals surface area contributed by atoms with Crippen LogP contribution in [0.5, 0.6) is 0 Å². The highest BCUT2D eigenvalue weighted by molar-refractivity contribution is 7.89. The molecule has 3 aromatic rings. The number of fused-ring (bicyclic) bond motifs is 1. The van der Waals surface area contributed by atoms with Gasteiger partial charge in [0.05, 0.1) is 21.7 Å². The first-order chi connectivity index (χ1) is 13.9. The van der Waals surface area contributed by atoms with Gasteiger partial charge in [0.2, 0.25) is 10.0 Å². The molecule has 0 amide bonds. The maximum absolute atomic E-state index is 12.7. The van der Waals surface area contributed by atoms with Crippen LogP contribution in [-0.2, 0) is 16.6 Å². The number of sulfonamides is 1. The molecule has 0 spiro atoms. The maximum atomic E-state index is 12.7. The Balaban J connectivity index is 1.45. The van der Waals surface area contributed by atoms with Crippen molar-refractivity contribution in [3.8, 4) is 0 Å². The molecule has 2 N–H and O–H groups in total. The first-order valence-electron chi connectivity index (χ1n) is 9.58. The van der Waals surface area contributed by atoms with Crippen LogP contribution in [0.1, 0.15) is 19.3 Å². The van der Waals surface area contributed by atoms with Crippen molar-refractivity contribution in [3.05, 3.63) is 58.2 Å². The van der Waals surface area contributed by atoms with Gasteiger partial charge in [-0.15, -0.1) is 0 Å². The molecule has 0 bridgehead atoms. The zero-order valence-corrected chi connectivity index (χ0v) is 17.5. The molecule has 9 heteroatoms. The smallest absolute Gasteiger partial charge is 0.308 e. The summed E-state index contributed by atoms with van der Waals surface area (Å²) < 4.78 is 29.4. The Bertz CT molecular complexity index is 1150. The van der Waals surface area contributed by atoms with Gasteiger partial charge in [-0.25, -0.2) is 8.42 Å². The number of piperidine rings is 1. The van der Waals surface area contributed by atoms with E-state index in [1.165, 1.54) is 8.87 Å². The molecule has 2 heterocycles. The summed E-state index contributed by atoms with van der Waals surface area (Å²) in [6.45, 7) is 1.21. The SMILES string of the molecule is O=c1sc2ccccc2n1CC(O)Nc1ccc(S(=O)(=O)N2CCCCC2)cc1. The Morgan fingerprint density at radius 3 is 2.45 bits per heavy atom. The molecule has 7 nitrogen and oxygen atoms in total. The lowest BCUT2D eigenvalue weighted by atomic mass is 10.2. The van der Waals surface area contributed by atoms with Crippen LogP contribution in [0.15, 0.2) is 58.2 Å². The van der Waals surface area contributed by atoms with Gasteiger partial charge >= 0.3 is 4.87 Å². The number of hydrogen-bond acceptors (Lipinski definition) is 6. The predicted molar refractivity (Wildman–Crippen MR) is 115 cm³/mol. The minimum atomic E-state index is -3.48. The first kappa shape index (κ1) is 20.1. The lowest BCUT2D eigenvalue weighted by molar-refractivity contribution is 0.183. The fourth-order valence-corrected chi connectivity index (χ4v) is 5.99. The number of thiazole rings is 1. The van der Waals surface area contributed by atoms with E-state index in [-0.39, 0.29) is 16.3 Å². The largest absolute Gasteiger partial charge is 0.372 e. The van der Waals surface area contributed by atoms with Gasteiger partial charge in [0.1, 0.15) is 6.23 Å². The van der Waals surface area contributed by atoms with E-state index < -0.39 is 16.3 Å². The molecule has 1 fully saturated rings. The van der Waals surface area contributed by atoms with Crippen LogP contribution in [0.3, 0.4) is 0 Å². The number of aliphatic hydroxyl groups is 1. The number of anilines is 1. The molecule has 1 saturated heterocycles. The first-order valence-corrected chi connectivity index (χ1v) is 11.8. The van der Waals surface area contributed by atoms with Crippen molar-refractivity contribution in [1.29, 1.82) is 0 Å². The fourth-order valence-electron chi connectivity index (χ4n) is 3.58. The molecule has 1 atom stereocenters. The molecular formula is C20H23N3O4S2. The van der Waals surface area contributed by atoms with Crippen LogP contribution in [0.4, 0.5) is 5.69 Å². The number of rotatable bonds is 6. The number of nitrogens with one attached hydrogen (secondary N) is 1. The molecule has 0 saturated carbocycles. The minimum absolute atomic E-state index is 0.0939. The van der Waals surface area contributed by atoms with Crippen molar-refractivity contribution < 1.29 is 13.5 Å². The lowest BCUT2D eigenvalue weighted by Crippen LogP contribution is -2.35. The second kappa shape index (κ2) is 8.27. The lowest BCUT2D eigenvalue weighted by Gasteiger charge is -2.26. The van der Waals surface area contributed by atoms with Gasteiger partial charge in [-0.1, -0.05) is 29.9 Å². The minimum Gasteiger partial charge on any atom is -0.372 e. The quantitative estimate of drug-likeness (QED) is 0.583. The van der Waals surface area contributed by atoms with Gasteiger partial charge in [0, 0.05) is 18.8 Å². The summed E-state index contributed by atoms with van der Waals surface area (Å²) in [6.07, 6.45) is 1.86. The van der Waals surface area contributed by atoms with Crippen LogP contribution in [0, 0.1) is 0 Å². The second-order valence-electron chi connectivity index (χ2n) is 7.10. The zero-order chi connectivity index (χ0) is 20.4. The molecule has 0 aliphatic carbocycles. The highest BCUT2D eigenvalue weighted by Crippen LogP contribution is 2.22. The molecule has 1 aliphatic heterocycles. The fraction of sp³-hybridized carbons (Fsp3) is 0.350. The summed E-state index contributed by atoms with van der Waals surface area (Å²) in [5, 5.41) is 13.3. The third kappa shape index (κ3) is 4.23. The highest BCUT2D eigenvalue weighted by atomic mass is 32.2. The summed E-state index contributed by atoms with van der Waals surface area (Å²) in [7, 11) is -3.48. The number of nitrogens with zero attached hydrogens (tertiary/aromatic N) is 2. The molecule has 0 radical (unpaired) electrons. The molecule has 29 heavy (non-hydrogen) atoms. The van der Waals surface area contributed by atoms with E-state index in [2.05, 4.69) is 5.32 Å². The van der Waals surface area contributed by atoms with Crippen LogP contribution < -0.4 is 10.2 Å². The normalized spacial score (nSPS) is 16.7. The summed E-state index contributed by atoms with van der Waals surface area (Å²) in [4.78, 5) is 12.3. The van der Waals surface area contributed by atoms with Gasteiger partial charge in [-0.05, 0) is 49.2 Å². The van der Waals surface area contributed by atoms with E-state index in [4.69, 9.17) is 0 Å². The number of aliphatic hydroxyl groups excluding tert-OH is 1. The standard InChI is InChI=1S/C20H23N3O4S2/c24-19(14-23-17-6-2-3-7-18(17)28-20(23)25)21-15-8-10-16(11-9-15)29(26,27)22-12-4-1-5-13-22/h2-3,6-11,19,21,24H,1,4-5,12-14H2. The van der Waals surface area contributed by atoms with Gasteiger partial charge in [0.15, 0.2) is 0 Å². The molecule has 2 aromatic carbocycles. The van der Waals surface area contributed by atoms with Gasteiger partial charge in [-0.2, -0.15) is 4.31 Å². The van der Waals surface area contributed by atoms with E-state index in [1.54, 1.807) is 24.3 Å². The Morgan fingerprint density at radius 2 is 1.72 bits per heavy atom. The Kier molecular flexibility index (Phi) is 5.73. The molecule has 1 aromatic heterocycles. The average Bonchev–Trinajstić information content (AvgIpc) is 3.04. The van der Waals surface area contributed by atoms with Gasteiger partial charge in [0.25, 0.3) is 0 Å². The van der Waals surface area contributed by atoms with E-state index in [1.807, 2.05) is 24.3 Å². The van der Waals surface area contributed by atoms with Crippen LogP contribution in [0.2, 0.25) is 0 Å². The van der Waals surface area contributed by atoms with Crippen molar-refractivity contribution in [2.24, 2.45) is 0 Å². The average molecular weight is 434 g/mol. The number of benzene rings is 2. The Morgan fingerprint density at radius 1 is 1.03 bits per heavy atom. The highest BCUT2D eigenvalue weighted by Gasteiger charge is 2.25. The van der Waals surface area contributed by atoms with Crippen molar-refractivity contribution in [2.45, 2.75) is 36.9 Å². The van der Waals surface area contributed by atoms with Gasteiger partial charge in [-0.3, -0.25) is 9.36 Å². The number of para-hydroxylation sites is 1. The third-order valence-electron chi connectivity index (χ3n) is 5.07. The molecular weight excluding hydrogens is 410 g/mol. The zero-order valence-electron chi connectivity index (χ0n) is 15.8. The summed E-state index contributed by atoms with van der Waals surface area (Å²) in [5.74, 6) is 0. The van der Waals surface area contributed by atoms with E-state index >= 15 is 0 Å². The van der Waals surface area contributed by atoms with Crippen molar-refractivity contribution in [3.63, 3.8) is 0 Å².